The van der Waals surface area contributed by atoms with Crippen molar-refractivity contribution < 1.29 is 0 Å². The fraction of sp³-hybridized carbons (Fsp3) is 0.522. The van der Waals surface area contributed by atoms with Gasteiger partial charge in [-0.15, -0.1) is 0 Å². The van der Waals surface area contributed by atoms with Crippen molar-refractivity contribution in [1.29, 1.82) is 0 Å². The third-order valence-electron chi connectivity index (χ3n) is 6.42. The molecule has 7 heteroatoms. The molecule has 2 heterocycles. The number of aromatic nitrogens is 2. The summed E-state index contributed by atoms with van der Waals surface area (Å²) in [5.41, 5.74) is 1.52. The first-order valence-electron chi connectivity index (χ1n) is 10.9. The summed E-state index contributed by atoms with van der Waals surface area (Å²) < 4.78 is 0. The average molecular weight is 444 g/mol. The number of halogens is 1. The Balaban J connectivity index is 1.41. The van der Waals surface area contributed by atoms with Crippen LogP contribution < -0.4 is 15.5 Å². The van der Waals surface area contributed by atoms with E-state index in [1.54, 1.807) is 0 Å². The second-order valence-electron chi connectivity index (χ2n) is 8.73. The molecule has 160 valence electrons. The van der Waals surface area contributed by atoms with Gasteiger partial charge in [0.05, 0.1) is 0 Å². The molecule has 4 rings (SSSR count). The van der Waals surface area contributed by atoms with E-state index in [1.807, 2.05) is 6.07 Å². The minimum atomic E-state index is 0.136. The Morgan fingerprint density at radius 2 is 1.97 bits per heavy atom. The zero-order valence-corrected chi connectivity index (χ0v) is 19.1. The number of hydrogen-bond donors (Lipinski definition) is 2. The first kappa shape index (κ1) is 21.3. The predicted octanol–water partition coefficient (Wildman–Crippen LogP) is 5.16. The van der Waals surface area contributed by atoms with E-state index < -0.39 is 0 Å². The molecular weight excluding hydrogens is 414 g/mol. The lowest BCUT2D eigenvalue weighted by Crippen LogP contribution is -2.41. The number of thiocarbonyl (C=S) groups is 1. The summed E-state index contributed by atoms with van der Waals surface area (Å²) in [6, 6.07) is 12.6. The van der Waals surface area contributed by atoms with Crippen molar-refractivity contribution in [2.45, 2.75) is 50.9 Å². The van der Waals surface area contributed by atoms with Crippen LogP contribution >= 0.6 is 23.8 Å². The monoisotopic (exact) mass is 443 g/mol. The number of rotatable bonds is 5. The van der Waals surface area contributed by atoms with Crippen LogP contribution in [-0.4, -0.2) is 34.7 Å². The Kier molecular flexibility index (Phi) is 6.74. The number of piperidine rings is 1. The Hall–Kier alpha value is -1.92. The minimum absolute atomic E-state index is 0.136. The summed E-state index contributed by atoms with van der Waals surface area (Å²) in [6.07, 6.45) is 7.30. The molecule has 2 aromatic rings. The third-order valence-corrected chi connectivity index (χ3v) is 6.86. The summed E-state index contributed by atoms with van der Waals surface area (Å²) in [6.45, 7) is 5.08. The maximum absolute atomic E-state index is 6.29. The minimum Gasteiger partial charge on any atom is -0.361 e. The second kappa shape index (κ2) is 9.48. The van der Waals surface area contributed by atoms with Gasteiger partial charge >= 0.3 is 0 Å². The summed E-state index contributed by atoms with van der Waals surface area (Å²) in [4.78, 5) is 11.3. The van der Waals surface area contributed by atoms with Crippen LogP contribution in [0.15, 0.2) is 36.4 Å². The first-order chi connectivity index (χ1) is 14.5. The third kappa shape index (κ3) is 5.03. The standard InChI is InChI=1S/C23H30ClN5S/c1-17-8-7-13-29(15-17)20-14-19(24)26-21(27-20)28-22(30)25-16-23(11-5-6-12-23)18-9-3-2-4-10-18/h2-4,9-10,14,17H,5-8,11-13,15-16H2,1H3,(H2,25,26,27,28,30)/t17-/m0/s1. The molecule has 1 aromatic carbocycles. The van der Waals surface area contributed by atoms with E-state index >= 15 is 0 Å². The predicted molar refractivity (Wildman–Crippen MR) is 128 cm³/mol. The van der Waals surface area contributed by atoms with Crippen molar-refractivity contribution in [1.82, 2.24) is 15.3 Å². The second-order valence-corrected chi connectivity index (χ2v) is 9.52. The molecule has 1 aliphatic heterocycles. The van der Waals surface area contributed by atoms with Gasteiger partial charge in [0.1, 0.15) is 11.0 Å². The molecule has 1 saturated carbocycles. The molecule has 2 aliphatic rings. The first-order valence-corrected chi connectivity index (χ1v) is 11.7. The van der Waals surface area contributed by atoms with Gasteiger partial charge in [-0.2, -0.15) is 4.98 Å². The summed E-state index contributed by atoms with van der Waals surface area (Å²) in [5, 5.41) is 7.54. The Morgan fingerprint density at radius 3 is 2.70 bits per heavy atom. The molecule has 0 spiro atoms. The highest BCUT2D eigenvalue weighted by molar-refractivity contribution is 7.80. The lowest BCUT2D eigenvalue weighted by molar-refractivity contribution is 0.435. The zero-order valence-electron chi connectivity index (χ0n) is 17.5. The van der Waals surface area contributed by atoms with Gasteiger partial charge in [0.15, 0.2) is 5.11 Å². The highest BCUT2D eigenvalue weighted by Gasteiger charge is 2.35. The topological polar surface area (TPSA) is 53.1 Å². The van der Waals surface area contributed by atoms with Crippen molar-refractivity contribution >= 4 is 40.7 Å². The summed E-state index contributed by atoms with van der Waals surface area (Å²) in [7, 11) is 0. The van der Waals surface area contributed by atoms with Crippen LogP contribution in [0.25, 0.3) is 0 Å². The largest absolute Gasteiger partial charge is 0.361 e. The lowest BCUT2D eigenvalue weighted by Gasteiger charge is -2.32. The molecule has 1 aliphatic carbocycles. The van der Waals surface area contributed by atoms with Crippen LogP contribution in [0.3, 0.4) is 0 Å². The lowest BCUT2D eigenvalue weighted by atomic mass is 9.79. The van der Waals surface area contributed by atoms with E-state index in [4.69, 9.17) is 23.8 Å². The van der Waals surface area contributed by atoms with E-state index in [0.717, 1.165) is 25.5 Å². The van der Waals surface area contributed by atoms with Crippen molar-refractivity contribution in [2.24, 2.45) is 5.92 Å². The molecule has 0 radical (unpaired) electrons. The van der Waals surface area contributed by atoms with E-state index in [-0.39, 0.29) is 5.41 Å². The molecule has 5 nitrogen and oxygen atoms in total. The van der Waals surface area contributed by atoms with Crippen LogP contribution in [0.1, 0.15) is 51.0 Å². The SMILES string of the molecule is C[C@H]1CCCN(c2cc(Cl)nc(NC(=S)NCC3(c4ccccc4)CCCC3)n2)C1. The number of nitrogens with zero attached hydrogens (tertiary/aromatic N) is 3. The van der Waals surface area contributed by atoms with Crippen molar-refractivity contribution in [2.75, 3.05) is 29.9 Å². The Labute approximate surface area is 189 Å². The quantitative estimate of drug-likeness (QED) is 0.491. The molecule has 2 fully saturated rings. The van der Waals surface area contributed by atoms with Gasteiger partial charge in [-0.05, 0) is 49.4 Å². The van der Waals surface area contributed by atoms with Crippen molar-refractivity contribution in [3.63, 3.8) is 0 Å². The van der Waals surface area contributed by atoms with Gasteiger partial charge in [-0.25, -0.2) is 4.98 Å². The van der Waals surface area contributed by atoms with Gasteiger partial charge in [-0.1, -0.05) is 61.7 Å². The van der Waals surface area contributed by atoms with Crippen LogP contribution in [0.4, 0.5) is 11.8 Å². The van der Waals surface area contributed by atoms with Crippen molar-refractivity contribution in [3.05, 3.63) is 47.1 Å². The van der Waals surface area contributed by atoms with Crippen molar-refractivity contribution in [3.8, 4) is 0 Å². The molecule has 2 N–H and O–H groups in total. The van der Waals surface area contributed by atoms with Gasteiger partial charge in [0.25, 0.3) is 0 Å². The maximum Gasteiger partial charge on any atom is 0.232 e. The average Bonchev–Trinajstić information content (AvgIpc) is 3.23. The van der Waals surface area contributed by atoms with Gasteiger partial charge in [-0.3, -0.25) is 0 Å². The summed E-state index contributed by atoms with van der Waals surface area (Å²) >= 11 is 11.9. The van der Waals surface area contributed by atoms with E-state index in [0.29, 0.717) is 22.1 Å². The number of benzene rings is 1. The fourth-order valence-corrected chi connectivity index (χ4v) is 5.17. The molecular formula is C23H30ClN5S. The highest BCUT2D eigenvalue weighted by Crippen LogP contribution is 2.40. The normalized spacial score (nSPS) is 20.7. The Morgan fingerprint density at radius 1 is 1.20 bits per heavy atom. The van der Waals surface area contributed by atoms with Crippen LogP contribution in [-0.2, 0) is 5.41 Å². The number of nitrogens with one attached hydrogen (secondary N) is 2. The number of anilines is 2. The fourth-order valence-electron chi connectivity index (χ4n) is 4.83. The van der Waals surface area contributed by atoms with Gasteiger partial charge in [0, 0.05) is 31.1 Å². The van der Waals surface area contributed by atoms with E-state index in [2.05, 4.69) is 62.8 Å². The van der Waals surface area contributed by atoms with Crippen LogP contribution in [0.2, 0.25) is 5.15 Å². The van der Waals surface area contributed by atoms with Crippen LogP contribution in [0.5, 0.6) is 0 Å². The zero-order chi connectivity index (χ0) is 21.0. The van der Waals surface area contributed by atoms with Gasteiger partial charge < -0.3 is 15.5 Å². The molecule has 30 heavy (non-hydrogen) atoms. The maximum atomic E-state index is 6.29. The summed E-state index contributed by atoms with van der Waals surface area (Å²) in [5.74, 6) is 1.98. The van der Waals surface area contributed by atoms with Crippen LogP contribution in [0, 0.1) is 5.92 Å². The van der Waals surface area contributed by atoms with E-state index in [1.165, 1.54) is 44.1 Å². The molecule has 0 amide bonds. The molecule has 0 bridgehead atoms. The smallest absolute Gasteiger partial charge is 0.232 e. The number of hydrogen-bond acceptors (Lipinski definition) is 4. The van der Waals surface area contributed by atoms with E-state index in [9.17, 15) is 0 Å². The van der Waals surface area contributed by atoms with Gasteiger partial charge in [0.2, 0.25) is 5.95 Å². The molecule has 1 saturated heterocycles. The Bertz CT molecular complexity index is 869. The highest BCUT2D eigenvalue weighted by atomic mass is 35.5. The molecule has 1 aromatic heterocycles. The molecule has 0 unspecified atom stereocenters. The molecule has 1 atom stereocenters.